The van der Waals surface area contributed by atoms with Crippen molar-refractivity contribution in [2.24, 2.45) is 0 Å². The number of nitrogens with zero attached hydrogens (tertiary/aromatic N) is 1. The number of carbonyl (C=O) groups excluding carboxylic acids is 2. The Morgan fingerprint density at radius 3 is 2.52 bits per heavy atom. The Morgan fingerprint density at radius 2 is 1.64 bits per heavy atom. The predicted molar refractivity (Wildman–Crippen MR) is 153 cm³/mol. The number of fused-ring (bicyclic) bond motifs is 2. The third-order valence-corrected chi connectivity index (χ3v) is 7.74. The molecule has 5 heterocycles. The Bertz CT molecular complexity index is 1680. The zero-order valence-corrected chi connectivity index (χ0v) is 22.7. The third kappa shape index (κ3) is 4.83. The normalized spacial score (nSPS) is 17.4. The molecule has 2 N–H and O–H groups in total. The topological polar surface area (TPSA) is 107 Å². The second-order valence-electron chi connectivity index (χ2n) is 10.4. The fraction of sp³-hybridized carbons (Fsp3) is 0.212. The van der Waals surface area contributed by atoms with E-state index in [0.717, 1.165) is 16.7 Å². The highest BCUT2D eigenvalue weighted by Gasteiger charge is 2.33. The number of benzene rings is 4. The van der Waals surface area contributed by atoms with Crippen molar-refractivity contribution in [1.82, 2.24) is 10.2 Å². The van der Waals surface area contributed by atoms with Gasteiger partial charge in [-0.15, -0.1) is 0 Å². The molecule has 5 aliphatic rings. The maximum Gasteiger partial charge on any atom is 0.255 e. The lowest BCUT2D eigenvalue weighted by Gasteiger charge is -2.38. The smallest absolute Gasteiger partial charge is 0.255 e. The fourth-order valence-electron chi connectivity index (χ4n) is 5.64. The summed E-state index contributed by atoms with van der Waals surface area (Å²) in [5.74, 6) is 2.31. The van der Waals surface area contributed by atoms with Crippen LogP contribution >= 0.6 is 0 Å². The number of phenols is 1. The number of hydrogen-bond donors (Lipinski definition) is 2. The molecular formula is C33H28N2O7. The van der Waals surface area contributed by atoms with Gasteiger partial charge in [0.1, 0.15) is 23.0 Å². The highest BCUT2D eigenvalue weighted by atomic mass is 16.7. The molecule has 0 saturated heterocycles. The van der Waals surface area contributed by atoms with Crippen LogP contribution in [-0.4, -0.2) is 48.3 Å². The monoisotopic (exact) mass is 564 g/mol. The highest BCUT2D eigenvalue weighted by molar-refractivity contribution is 5.97. The van der Waals surface area contributed by atoms with E-state index in [9.17, 15) is 14.7 Å². The molecule has 0 spiro atoms. The zero-order chi connectivity index (χ0) is 28.6. The summed E-state index contributed by atoms with van der Waals surface area (Å²) < 4.78 is 23.0. The number of carbonyl (C=O) groups is 2. The minimum absolute atomic E-state index is 0.100. The Labute approximate surface area is 242 Å². The van der Waals surface area contributed by atoms with E-state index in [1.807, 2.05) is 47.4 Å². The van der Waals surface area contributed by atoms with Gasteiger partial charge in [-0.25, -0.2) is 0 Å². The molecule has 212 valence electrons. The molecule has 4 aromatic rings. The first kappa shape index (κ1) is 25.8. The van der Waals surface area contributed by atoms with Crippen LogP contribution < -0.4 is 24.3 Å². The number of phenolic OH excluding ortho intramolecular Hbond substituents is 1. The molecular weight excluding hydrogens is 536 g/mol. The number of amides is 2. The van der Waals surface area contributed by atoms with E-state index in [0.29, 0.717) is 66.8 Å². The van der Waals surface area contributed by atoms with Crippen LogP contribution in [0.5, 0.6) is 34.5 Å². The van der Waals surface area contributed by atoms with E-state index in [1.165, 1.54) is 12.1 Å². The summed E-state index contributed by atoms with van der Waals surface area (Å²) >= 11 is 0. The van der Waals surface area contributed by atoms with Crippen molar-refractivity contribution in [3.05, 3.63) is 107 Å². The van der Waals surface area contributed by atoms with Crippen LogP contribution in [0.3, 0.4) is 0 Å². The lowest BCUT2D eigenvalue weighted by atomic mass is 9.87. The molecule has 9 nitrogen and oxygen atoms in total. The van der Waals surface area contributed by atoms with Crippen molar-refractivity contribution >= 4 is 11.8 Å². The lowest BCUT2D eigenvalue weighted by molar-refractivity contribution is 0.0694. The minimum atomic E-state index is -0.388. The first-order valence-corrected chi connectivity index (χ1v) is 13.9. The van der Waals surface area contributed by atoms with Gasteiger partial charge in [0.2, 0.25) is 6.79 Å². The maximum atomic E-state index is 14.0. The molecule has 1 unspecified atom stereocenters. The van der Waals surface area contributed by atoms with Crippen molar-refractivity contribution in [2.45, 2.75) is 18.9 Å². The molecule has 2 amide bonds. The average Bonchev–Trinajstić information content (AvgIpc) is 3.49. The molecule has 0 aromatic heterocycles. The molecule has 5 aliphatic heterocycles. The van der Waals surface area contributed by atoms with Crippen LogP contribution in [0, 0.1) is 0 Å². The van der Waals surface area contributed by atoms with E-state index >= 15 is 0 Å². The number of aromatic hydroxyl groups is 1. The van der Waals surface area contributed by atoms with Crippen LogP contribution in [0.1, 0.15) is 49.9 Å². The maximum absolute atomic E-state index is 14.0. The van der Waals surface area contributed by atoms with Crippen molar-refractivity contribution in [3.8, 4) is 34.5 Å². The van der Waals surface area contributed by atoms with Crippen LogP contribution in [-0.2, 0) is 6.42 Å². The van der Waals surface area contributed by atoms with Crippen LogP contribution in [0.25, 0.3) is 0 Å². The minimum Gasteiger partial charge on any atom is -0.507 e. The van der Waals surface area contributed by atoms with Gasteiger partial charge in [0.25, 0.3) is 11.8 Å². The molecule has 0 aliphatic carbocycles. The van der Waals surface area contributed by atoms with Gasteiger partial charge in [0.05, 0.1) is 18.2 Å². The summed E-state index contributed by atoms with van der Waals surface area (Å²) in [5, 5.41) is 13.1. The van der Waals surface area contributed by atoms with Crippen molar-refractivity contribution < 1.29 is 33.6 Å². The summed E-state index contributed by atoms with van der Waals surface area (Å²) in [7, 11) is 0. The quantitative estimate of drug-likeness (QED) is 0.327. The van der Waals surface area contributed by atoms with Gasteiger partial charge < -0.3 is 34.3 Å². The van der Waals surface area contributed by atoms with E-state index < -0.39 is 0 Å². The Balaban J connectivity index is 1.28. The summed E-state index contributed by atoms with van der Waals surface area (Å²) in [6.45, 7) is 1.42. The van der Waals surface area contributed by atoms with Gasteiger partial charge in [-0.3, -0.25) is 9.59 Å². The average molecular weight is 565 g/mol. The largest absolute Gasteiger partial charge is 0.507 e. The number of ether oxygens (including phenoxy) is 4. The third-order valence-electron chi connectivity index (χ3n) is 7.74. The first-order chi connectivity index (χ1) is 20.5. The standard InChI is InChI=1S/C33H28N2O7/c36-28-10-8-25-18-27(28)32(37)34-13-1-15-39-23-5-2-20(3-6-23)31-26-9-7-24(42-25)16-21(26)12-14-35(31)33(38)22-4-11-29-30(17-22)41-19-40-29/h2-11,16-18,31,36H,1,12-15,19H2,(H,34,37). The SMILES string of the molecule is O=C1NCCCOc2ccc(cc2)C2c3ccc(cc3CCN2C(=O)c2ccc3c(c2)OCO3)Oc2ccc(O)c1c2. The second kappa shape index (κ2) is 10.7. The van der Waals surface area contributed by atoms with Gasteiger partial charge in [0, 0.05) is 18.7 Å². The molecule has 9 heteroatoms. The van der Waals surface area contributed by atoms with Gasteiger partial charge in [0.15, 0.2) is 11.5 Å². The van der Waals surface area contributed by atoms with Crippen LogP contribution in [0.4, 0.5) is 0 Å². The number of nitrogens with one attached hydrogen (secondary N) is 1. The lowest BCUT2D eigenvalue weighted by Crippen LogP contribution is -2.40. The molecule has 1 atom stereocenters. The summed E-state index contributed by atoms with van der Waals surface area (Å²) in [6, 6.07) is 23.2. The Hall–Kier alpha value is -5.18. The Morgan fingerprint density at radius 1 is 0.857 bits per heavy atom. The van der Waals surface area contributed by atoms with Crippen molar-refractivity contribution in [2.75, 3.05) is 26.5 Å². The van der Waals surface area contributed by atoms with E-state index in [2.05, 4.69) is 5.32 Å². The van der Waals surface area contributed by atoms with Crippen molar-refractivity contribution in [1.29, 1.82) is 0 Å². The zero-order valence-electron chi connectivity index (χ0n) is 22.7. The molecule has 0 fully saturated rings. The van der Waals surface area contributed by atoms with E-state index in [4.69, 9.17) is 18.9 Å². The summed E-state index contributed by atoms with van der Waals surface area (Å²) in [4.78, 5) is 28.6. The van der Waals surface area contributed by atoms with Crippen molar-refractivity contribution in [3.63, 3.8) is 0 Å². The van der Waals surface area contributed by atoms with Crippen LogP contribution in [0.2, 0.25) is 0 Å². The van der Waals surface area contributed by atoms with Crippen LogP contribution in [0.15, 0.2) is 78.9 Å². The second-order valence-corrected chi connectivity index (χ2v) is 10.4. The van der Waals surface area contributed by atoms with Gasteiger partial charge in [-0.1, -0.05) is 18.2 Å². The molecule has 4 aromatic carbocycles. The van der Waals surface area contributed by atoms with Gasteiger partial charge in [-0.2, -0.15) is 0 Å². The molecule has 8 bridgehead atoms. The van der Waals surface area contributed by atoms with Gasteiger partial charge in [-0.05, 0) is 90.2 Å². The number of hydrogen-bond acceptors (Lipinski definition) is 7. The first-order valence-electron chi connectivity index (χ1n) is 13.9. The fourth-order valence-corrected chi connectivity index (χ4v) is 5.64. The summed E-state index contributed by atoms with van der Waals surface area (Å²) in [6.07, 6.45) is 1.21. The molecule has 0 saturated carbocycles. The van der Waals surface area contributed by atoms with Gasteiger partial charge >= 0.3 is 0 Å². The van der Waals surface area contributed by atoms with E-state index in [-0.39, 0.29) is 36.0 Å². The molecule has 42 heavy (non-hydrogen) atoms. The number of rotatable bonds is 1. The van der Waals surface area contributed by atoms with E-state index in [1.54, 1.807) is 24.3 Å². The Kier molecular flexibility index (Phi) is 6.54. The highest BCUT2D eigenvalue weighted by Crippen LogP contribution is 2.40. The molecule has 0 radical (unpaired) electrons. The summed E-state index contributed by atoms with van der Waals surface area (Å²) in [5.41, 5.74) is 3.68. The molecule has 9 rings (SSSR count). The predicted octanol–water partition coefficient (Wildman–Crippen LogP) is 5.21.